The van der Waals surface area contributed by atoms with Gasteiger partial charge in [0.1, 0.15) is 4.90 Å². The van der Waals surface area contributed by atoms with Gasteiger partial charge in [-0.2, -0.15) is 0 Å². The van der Waals surface area contributed by atoms with Crippen molar-refractivity contribution < 1.29 is 13.5 Å². The Bertz CT molecular complexity index is 540. The van der Waals surface area contributed by atoms with Gasteiger partial charge in [-0.1, -0.05) is 34.8 Å². The fourth-order valence-corrected chi connectivity index (χ4v) is 3.85. The van der Waals surface area contributed by atoms with Crippen LogP contribution in [0.2, 0.25) is 15.1 Å². The van der Waals surface area contributed by atoms with E-state index in [0.29, 0.717) is 0 Å². The molecule has 2 atom stereocenters. The summed E-state index contributed by atoms with van der Waals surface area (Å²) in [5, 5.41) is 9.26. The normalized spacial score (nSPS) is 15.3. The first-order valence-corrected chi connectivity index (χ1v) is 7.84. The van der Waals surface area contributed by atoms with Crippen molar-refractivity contribution in [1.82, 2.24) is 4.72 Å². The van der Waals surface area contributed by atoms with E-state index < -0.39 is 22.2 Å². The van der Waals surface area contributed by atoms with Crippen molar-refractivity contribution >= 4 is 44.8 Å². The van der Waals surface area contributed by atoms with Crippen molar-refractivity contribution in [3.05, 3.63) is 27.2 Å². The second-order valence-corrected chi connectivity index (χ2v) is 6.91. The van der Waals surface area contributed by atoms with Crippen LogP contribution in [0.4, 0.5) is 0 Å². The molecule has 0 fully saturated rings. The van der Waals surface area contributed by atoms with Crippen LogP contribution in [0.15, 0.2) is 17.0 Å². The first-order valence-electron chi connectivity index (χ1n) is 5.23. The minimum atomic E-state index is -3.93. The van der Waals surface area contributed by atoms with Crippen molar-refractivity contribution in [3.8, 4) is 0 Å². The van der Waals surface area contributed by atoms with E-state index in [1.807, 2.05) is 0 Å². The maximum atomic E-state index is 12.1. The summed E-state index contributed by atoms with van der Waals surface area (Å²) in [4.78, 5) is -0.266. The highest BCUT2D eigenvalue weighted by Crippen LogP contribution is 2.32. The van der Waals surface area contributed by atoms with Gasteiger partial charge in [0.05, 0.1) is 16.1 Å². The first kappa shape index (κ1) is 17.0. The summed E-state index contributed by atoms with van der Waals surface area (Å²) >= 11 is 17.4. The van der Waals surface area contributed by atoms with Gasteiger partial charge in [0.2, 0.25) is 10.0 Å². The van der Waals surface area contributed by atoms with Crippen LogP contribution in [0, 0.1) is 0 Å². The lowest BCUT2D eigenvalue weighted by atomic mass is 10.2. The molecular weight excluding hydrogens is 335 g/mol. The van der Waals surface area contributed by atoms with Crippen LogP contribution in [0.1, 0.15) is 6.92 Å². The van der Waals surface area contributed by atoms with Crippen LogP contribution in [0.25, 0.3) is 0 Å². The average Bonchev–Trinajstić information content (AvgIpc) is 2.23. The SMILES string of the molecule is CC(O)C(N)CNS(=O)(=O)c1c(Cl)cc(Cl)cc1Cl. The Morgan fingerprint density at radius 2 is 1.79 bits per heavy atom. The standard InChI is InChI=1S/C10H13Cl3N2O3S/c1-5(16)9(14)4-15-19(17,18)10-7(12)2-6(11)3-8(10)13/h2-3,5,9,15-16H,4,14H2,1H3. The fourth-order valence-electron chi connectivity index (χ4n) is 1.23. The molecule has 1 aromatic rings. The molecular formula is C10H13Cl3N2O3S. The molecule has 0 spiro atoms. The van der Waals surface area contributed by atoms with E-state index in [0.717, 1.165) is 0 Å². The summed E-state index contributed by atoms with van der Waals surface area (Å²) in [5.74, 6) is 0. The molecule has 5 nitrogen and oxygen atoms in total. The van der Waals surface area contributed by atoms with Gasteiger partial charge >= 0.3 is 0 Å². The minimum absolute atomic E-state index is 0.0874. The Hall–Kier alpha value is -0.0800. The summed E-state index contributed by atoms with van der Waals surface area (Å²) in [6.07, 6.45) is -0.848. The average molecular weight is 348 g/mol. The smallest absolute Gasteiger partial charge is 0.243 e. The molecule has 1 rings (SSSR count). The summed E-state index contributed by atoms with van der Waals surface area (Å²) < 4.78 is 26.3. The number of aliphatic hydroxyl groups excluding tert-OH is 1. The monoisotopic (exact) mass is 346 g/mol. The number of hydrogen-bond acceptors (Lipinski definition) is 4. The van der Waals surface area contributed by atoms with E-state index >= 15 is 0 Å². The number of benzene rings is 1. The number of hydrogen-bond donors (Lipinski definition) is 3. The predicted molar refractivity (Wildman–Crippen MR) is 76.3 cm³/mol. The largest absolute Gasteiger partial charge is 0.392 e. The number of nitrogens with one attached hydrogen (secondary N) is 1. The summed E-state index contributed by atoms with van der Waals surface area (Å²) in [6.45, 7) is 1.32. The van der Waals surface area contributed by atoms with Crippen LogP contribution in [0.5, 0.6) is 0 Å². The topological polar surface area (TPSA) is 92.4 Å². The van der Waals surface area contributed by atoms with Crippen LogP contribution in [-0.2, 0) is 10.0 Å². The second-order valence-electron chi connectivity index (χ2n) is 3.95. The third-order valence-electron chi connectivity index (χ3n) is 2.36. The van der Waals surface area contributed by atoms with Gasteiger partial charge in [-0.3, -0.25) is 0 Å². The molecule has 4 N–H and O–H groups in total. The van der Waals surface area contributed by atoms with E-state index in [1.165, 1.54) is 19.1 Å². The molecule has 9 heteroatoms. The highest BCUT2D eigenvalue weighted by molar-refractivity contribution is 7.89. The summed E-state index contributed by atoms with van der Waals surface area (Å²) in [7, 11) is -3.93. The lowest BCUT2D eigenvalue weighted by Crippen LogP contribution is -2.43. The third kappa shape index (κ3) is 4.46. The Morgan fingerprint density at radius 1 is 1.32 bits per heavy atom. The Labute approximate surface area is 126 Å². The van der Waals surface area contributed by atoms with Gasteiger partial charge in [-0.05, 0) is 19.1 Å². The molecule has 0 aliphatic rings. The zero-order valence-electron chi connectivity index (χ0n) is 9.90. The number of halogens is 3. The van der Waals surface area contributed by atoms with E-state index in [-0.39, 0.29) is 26.5 Å². The van der Waals surface area contributed by atoms with E-state index in [4.69, 9.17) is 40.5 Å². The summed E-state index contributed by atoms with van der Waals surface area (Å²) in [6, 6.07) is 1.82. The van der Waals surface area contributed by atoms with E-state index in [1.54, 1.807) is 0 Å². The second kappa shape index (κ2) is 6.58. The van der Waals surface area contributed by atoms with Gasteiger partial charge < -0.3 is 10.8 Å². The Kier molecular flexibility index (Phi) is 5.88. The molecule has 0 bridgehead atoms. The number of sulfonamides is 1. The van der Waals surface area contributed by atoms with Gasteiger partial charge in [-0.25, -0.2) is 13.1 Å². The zero-order valence-corrected chi connectivity index (χ0v) is 13.0. The van der Waals surface area contributed by atoms with Crippen molar-refractivity contribution in [2.45, 2.75) is 24.0 Å². The molecule has 19 heavy (non-hydrogen) atoms. The highest BCUT2D eigenvalue weighted by atomic mass is 35.5. The minimum Gasteiger partial charge on any atom is -0.392 e. The predicted octanol–water partition coefficient (Wildman–Crippen LogP) is 1.63. The van der Waals surface area contributed by atoms with Crippen LogP contribution < -0.4 is 10.5 Å². The van der Waals surface area contributed by atoms with Crippen LogP contribution >= 0.6 is 34.8 Å². The molecule has 2 unspecified atom stereocenters. The fraction of sp³-hybridized carbons (Fsp3) is 0.400. The van der Waals surface area contributed by atoms with Crippen LogP contribution in [-0.4, -0.2) is 32.2 Å². The first-order chi connectivity index (χ1) is 8.65. The molecule has 0 saturated heterocycles. The molecule has 108 valence electrons. The van der Waals surface area contributed by atoms with Gasteiger partial charge in [0.25, 0.3) is 0 Å². The van der Waals surface area contributed by atoms with Crippen LogP contribution in [0.3, 0.4) is 0 Å². The molecule has 1 aromatic carbocycles. The maximum Gasteiger partial charge on any atom is 0.243 e. The Balaban J connectivity index is 3.02. The van der Waals surface area contributed by atoms with Gasteiger partial charge in [0.15, 0.2) is 0 Å². The van der Waals surface area contributed by atoms with Crippen molar-refractivity contribution in [2.24, 2.45) is 5.73 Å². The molecule has 0 saturated carbocycles. The van der Waals surface area contributed by atoms with Crippen molar-refractivity contribution in [3.63, 3.8) is 0 Å². The zero-order chi connectivity index (χ0) is 14.8. The van der Waals surface area contributed by atoms with Crippen molar-refractivity contribution in [1.29, 1.82) is 0 Å². The molecule has 0 radical (unpaired) electrons. The maximum absolute atomic E-state index is 12.1. The third-order valence-corrected chi connectivity index (χ3v) is 4.92. The lowest BCUT2D eigenvalue weighted by molar-refractivity contribution is 0.164. The van der Waals surface area contributed by atoms with Gasteiger partial charge in [0, 0.05) is 17.6 Å². The Morgan fingerprint density at radius 3 is 2.21 bits per heavy atom. The molecule has 0 heterocycles. The van der Waals surface area contributed by atoms with E-state index in [9.17, 15) is 13.5 Å². The quantitative estimate of drug-likeness (QED) is 0.755. The molecule has 0 amide bonds. The van der Waals surface area contributed by atoms with Gasteiger partial charge in [-0.15, -0.1) is 0 Å². The highest BCUT2D eigenvalue weighted by Gasteiger charge is 2.23. The molecule has 0 aliphatic carbocycles. The number of aliphatic hydroxyl groups is 1. The molecule has 0 aromatic heterocycles. The lowest BCUT2D eigenvalue weighted by Gasteiger charge is -2.16. The van der Waals surface area contributed by atoms with Crippen molar-refractivity contribution in [2.75, 3.05) is 6.54 Å². The summed E-state index contributed by atoms with van der Waals surface area (Å²) in [5.41, 5.74) is 5.54. The molecule has 0 aliphatic heterocycles. The number of nitrogens with two attached hydrogens (primary N) is 1. The number of rotatable bonds is 5. The van der Waals surface area contributed by atoms with E-state index in [2.05, 4.69) is 4.72 Å².